The van der Waals surface area contributed by atoms with Crippen LogP contribution in [0.25, 0.3) is 0 Å². The summed E-state index contributed by atoms with van der Waals surface area (Å²) in [7, 11) is -7.07. The van der Waals surface area contributed by atoms with Gasteiger partial charge in [0.1, 0.15) is 0 Å². The van der Waals surface area contributed by atoms with E-state index in [0.717, 1.165) is 12.5 Å². The smallest absolute Gasteiger partial charge is 0.197 e. The molecule has 8 heteroatoms. The van der Waals surface area contributed by atoms with Gasteiger partial charge < -0.3 is 5.32 Å². The van der Waals surface area contributed by atoms with Gasteiger partial charge in [0.25, 0.3) is 0 Å². The predicted molar refractivity (Wildman–Crippen MR) is 52.5 cm³/mol. The Labute approximate surface area is 84.1 Å². The van der Waals surface area contributed by atoms with Crippen LogP contribution in [0, 0.1) is 0 Å². The minimum atomic E-state index is -3.54. The molecule has 0 unspecified atom stereocenters. The van der Waals surface area contributed by atoms with Crippen LogP contribution < -0.4 is 5.32 Å². The number of hydrogen-bond acceptors (Lipinski definition) is 5. The Morgan fingerprint density at radius 1 is 1.00 bits per heavy atom. The molecule has 0 saturated carbocycles. The van der Waals surface area contributed by atoms with Crippen molar-refractivity contribution in [2.45, 2.75) is 4.08 Å². The van der Waals surface area contributed by atoms with E-state index in [1.165, 1.54) is 0 Å². The van der Waals surface area contributed by atoms with Gasteiger partial charge in [0.05, 0.1) is 0 Å². The molecule has 5 nitrogen and oxygen atoms in total. The molecular weight excluding hydrogens is 238 g/mol. The lowest BCUT2D eigenvalue weighted by Crippen LogP contribution is -2.67. The summed E-state index contributed by atoms with van der Waals surface area (Å²) in [5.74, 6) is 0. The molecule has 1 N–H and O–H groups in total. The third-order valence-electron chi connectivity index (χ3n) is 2.14. The molecule has 1 aliphatic heterocycles. The average molecular weight is 250 g/mol. The maximum absolute atomic E-state index is 11.2. The van der Waals surface area contributed by atoms with Crippen molar-refractivity contribution in [3.8, 4) is 0 Å². The fourth-order valence-electron chi connectivity index (χ4n) is 1.13. The van der Waals surface area contributed by atoms with Gasteiger partial charge in [-0.25, -0.2) is 16.8 Å². The van der Waals surface area contributed by atoms with Crippen molar-refractivity contribution in [3.05, 3.63) is 0 Å². The summed E-state index contributed by atoms with van der Waals surface area (Å²) < 4.78 is 43.1. The molecule has 0 spiro atoms. The molecule has 0 aromatic rings. The zero-order chi connectivity index (χ0) is 9.62. The van der Waals surface area contributed by atoms with Crippen molar-refractivity contribution in [2.24, 2.45) is 0 Å². The molecule has 0 atom stereocenters. The first kappa shape index (κ1) is 13.2. The molecule has 1 heterocycles. The molecule has 1 fully saturated rings. The van der Waals surface area contributed by atoms with E-state index in [1.807, 2.05) is 0 Å². The first-order valence-corrected chi connectivity index (χ1v) is 7.09. The minimum absolute atomic E-state index is 0. The molecule has 0 aromatic heterocycles. The van der Waals surface area contributed by atoms with Gasteiger partial charge in [-0.2, -0.15) is 0 Å². The number of nitrogens with one attached hydrogen (secondary N) is 1. The summed E-state index contributed by atoms with van der Waals surface area (Å²) in [6, 6.07) is 0. The van der Waals surface area contributed by atoms with Gasteiger partial charge in [-0.05, 0) is 0 Å². The van der Waals surface area contributed by atoms with E-state index in [4.69, 9.17) is 0 Å². The molecule has 80 valence electrons. The molecule has 0 radical (unpaired) electrons. The molecule has 1 aliphatic rings. The molecule has 0 aromatic carbocycles. The van der Waals surface area contributed by atoms with E-state index in [2.05, 4.69) is 5.32 Å². The average Bonchev–Trinajstić information content (AvgIpc) is 1.47. The third-order valence-corrected chi connectivity index (χ3v) is 7.24. The van der Waals surface area contributed by atoms with Crippen molar-refractivity contribution in [2.75, 3.05) is 25.6 Å². The lowest BCUT2D eigenvalue weighted by atomic mass is 10.3. The Bertz CT molecular complexity index is 347. The number of hydrogen-bond donors (Lipinski definition) is 1. The maximum atomic E-state index is 11.2. The van der Waals surface area contributed by atoms with E-state index in [-0.39, 0.29) is 25.5 Å². The summed E-state index contributed by atoms with van der Waals surface area (Å²) in [5.41, 5.74) is 0. The quantitative estimate of drug-likeness (QED) is 0.665. The van der Waals surface area contributed by atoms with Gasteiger partial charge in [-0.1, -0.05) is 0 Å². The van der Waals surface area contributed by atoms with Crippen LogP contribution in [0.3, 0.4) is 0 Å². The predicted octanol–water partition coefficient (Wildman–Crippen LogP) is -1.20. The summed E-state index contributed by atoms with van der Waals surface area (Å²) in [5, 5.41) is 2.66. The Balaban J connectivity index is 0.00000144. The van der Waals surface area contributed by atoms with Crippen LogP contribution in [0.15, 0.2) is 0 Å². The van der Waals surface area contributed by atoms with Crippen molar-refractivity contribution >= 4 is 32.1 Å². The molecule has 0 aliphatic carbocycles. The molecule has 0 bridgehead atoms. The maximum Gasteiger partial charge on any atom is 0.197 e. The van der Waals surface area contributed by atoms with Crippen LogP contribution >= 0.6 is 12.4 Å². The van der Waals surface area contributed by atoms with E-state index in [0.29, 0.717) is 0 Å². The molecule has 1 rings (SSSR count). The van der Waals surface area contributed by atoms with Crippen molar-refractivity contribution in [1.29, 1.82) is 0 Å². The highest BCUT2D eigenvalue weighted by atomic mass is 35.5. The van der Waals surface area contributed by atoms with Crippen LogP contribution in [-0.4, -0.2) is 46.5 Å². The van der Waals surface area contributed by atoms with Crippen LogP contribution in [0.1, 0.15) is 0 Å². The summed E-state index contributed by atoms with van der Waals surface area (Å²) >= 11 is 0. The third kappa shape index (κ3) is 1.83. The second-order valence-corrected chi connectivity index (χ2v) is 7.97. The SMILES string of the molecule is CS(=O)(=O)C1(S(C)(=O)=O)CNC1.Cl. The zero-order valence-corrected chi connectivity index (χ0v) is 9.72. The van der Waals surface area contributed by atoms with Crippen LogP contribution in [0.2, 0.25) is 0 Å². The molecule has 13 heavy (non-hydrogen) atoms. The van der Waals surface area contributed by atoms with E-state index >= 15 is 0 Å². The topological polar surface area (TPSA) is 80.3 Å². The number of sulfone groups is 2. The Kier molecular flexibility index (Phi) is 3.42. The van der Waals surface area contributed by atoms with E-state index in [9.17, 15) is 16.8 Å². The molecule has 1 saturated heterocycles. The fourth-order valence-corrected chi connectivity index (χ4v) is 4.79. The van der Waals surface area contributed by atoms with E-state index < -0.39 is 23.8 Å². The fraction of sp³-hybridized carbons (Fsp3) is 1.00. The van der Waals surface area contributed by atoms with Gasteiger partial charge in [0.15, 0.2) is 23.8 Å². The van der Waals surface area contributed by atoms with Crippen LogP contribution in [0.5, 0.6) is 0 Å². The van der Waals surface area contributed by atoms with E-state index in [1.54, 1.807) is 0 Å². The monoisotopic (exact) mass is 249 g/mol. The number of halogens is 1. The standard InChI is InChI=1S/C5H11NO4S2.ClH/c1-11(7,8)5(3-6-4-5)12(2,9)10;/h6H,3-4H2,1-2H3;1H. The largest absolute Gasteiger partial charge is 0.311 e. The summed E-state index contributed by atoms with van der Waals surface area (Å²) in [6.45, 7) is 0.00926. The second-order valence-electron chi connectivity index (χ2n) is 3.06. The summed E-state index contributed by atoms with van der Waals surface area (Å²) in [4.78, 5) is 0. The van der Waals surface area contributed by atoms with Crippen molar-refractivity contribution < 1.29 is 16.8 Å². The Morgan fingerprint density at radius 3 is 1.31 bits per heavy atom. The highest BCUT2D eigenvalue weighted by Gasteiger charge is 2.55. The molecular formula is C5H12ClNO4S2. The van der Waals surface area contributed by atoms with Crippen molar-refractivity contribution in [3.63, 3.8) is 0 Å². The van der Waals surface area contributed by atoms with Crippen molar-refractivity contribution in [1.82, 2.24) is 5.32 Å². The van der Waals surface area contributed by atoms with Gasteiger partial charge in [-0.3, -0.25) is 0 Å². The first-order chi connectivity index (χ1) is 5.21. The van der Waals surface area contributed by atoms with Crippen LogP contribution in [0.4, 0.5) is 0 Å². The minimum Gasteiger partial charge on any atom is -0.311 e. The Morgan fingerprint density at radius 2 is 1.31 bits per heavy atom. The van der Waals surface area contributed by atoms with Gasteiger partial charge >= 0.3 is 0 Å². The van der Waals surface area contributed by atoms with Gasteiger partial charge in [-0.15, -0.1) is 12.4 Å². The lowest BCUT2D eigenvalue weighted by molar-refractivity contribution is 0.442. The summed E-state index contributed by atoms with van der Waals surface area (Å²) in [6.07, 6.45) is 1.91. The van der Waals surface area contributed by atoms with Gasteiger partial charge in [0, 0.05) is 25.6 Å². The van der Waals surface area contributed by atoms with Crippen LogP contribution in [-0.2, 0) is 19.7 Å². The Hall–Kier alpha value is 0.150. The van der Waals surface area contributed by atoms with Gasteiger partial charge in [0.2, 0.25) is 0 Å². The number of rotatable bonds is 2. The first-order valence-electron chi connectivity index (χ1n) is 3.31. The normalized spacial score (nSPS) is 21.4. The second kappa shape index (κ2) is 3.38. The zero-order valence-electron chi connectivity index (χ0n) is 7.27. The lowest BCUT2D eigenvalue weighted by Gasteiger charge is -2.38. The highest BCUT2D eigenvalue weighted by molar-refractivity contribution is 8.09. The highest BCUT2D eigenvalue weighted by Crippen LogP contribution is 2.27. The molecule has 0 amide bonds.